The van der Waals surface area contributed by atoms with Gasteiger partial charge >= 0.3 is 0 Å². The molecule has 3 aliphatic rings. The van der Waals surface area contributed by atoms with Gasteiger partial charge in [0.1, 0.15) is 5.84 Å². The Balaban J connectivity index is 1.55. The molecule has 158 valence electrons. The first-order valence-electron chi connectivity index (χ1n) is 11.2. The SMILES string of the molecule is C=C(N1CCN(/C(C)=C2\C(c3ccccc3)=CN=C2N/C=C/CC)CC1)C1(C)CC1. The van der Waals surface area contributed by atoms with Crippen molar-refractivity contribution >= 4 is 11.4 Å². The van der Waals surface area contributed by atoms with Gasteiger partial charge in [0.15, 0.2) is 0 Å². The minimum absolute atomic E-state index is 0.361. The van der Waals surface area contributed by atoms with E-state index in [1.54, 1.807) is 0 Å². The van der Waals surface area contributed by atoms with E-state index >= 15 is 0 Å². The van der Waals surface area contributed by atoms with Crippen LogP contribution in [0.25, 0.3) is 5.57 Å². The lowest BCUT2D eigenvalue weighted by molar-refractivity contribution is 0.177. The summed E-state index contributed by atoms with van der Waals surface area (Å²) in [5.74, 6) is 0.938. The predicted molar refractivity (Wildman–Crippen MR) is 127 cm³/mol. The van der Waals surface area contributed by atoms with Crippen LogP contribution in [-0.2, 0) is 0 Å². The average Bonchev–Trinajstić information content (AvgIpc) is 3.40. The van der Waals surface area contributed by atoms with Crippen molar-refractivity contribution in [2.75, 3.05) is 26.2 Å². The minimum Gasteiger partial charge on any atom is -0.371 e. The summed E-state index contributed by atoms with van der Waals surface area (Å²) in [5.41, 5.74) is 6.61. The zero-order chi connectivity index (χ0) is 21.1. The first-order valence-corrected chi connectivity index (χ1v) is 11.2. The lowest BCUT2D eigenvalue weighted by atomic mass is 9.97. The molecule has 0 aromatic heterocycles. The molecule has 0 spiro atoms. The summed E-state index contributed by atoms with van der Waals surface area (Å²) >= 11 is 0. The number of amidine groups is 1. The summed E-state index contributed by atoms with van der Waals surface area (Å²) in [6, 6.07) is 10.6. The summed E-state index contributed by atoms with van der Waals surface area (Å²) in [6.07, 6.45) is 9.71. The van der Waals surface area contributed by atoms with Gasteiger partial charge in [-0.3, -0.25) is 0 Å². The molecule has 0 amide bonds. The van der Waals surface area contributed by atoms with Crippen molar-refractivity contribution in [3.05, 3.63) is 77.9 Å². The van der Waals surface area contributed by atoms with E-state index in [1.165, 1.54) is 40.9 Å². The monoisotopic (exact) mass is 402 g/mol. The number of piperazine rings is 1. The number of hydrogen-bond acceptors (Lipinski definition) is 4. The van der Waals surface area contributed by atoms with Crippen LogP contribution in [0.4, 0.5) is 0 Å². The third-order valence-electron chi connectivity index (χ3n) is 6.68. The second-order valence-electron chi connectivity index (χ2n) is 8.78. The second-order valence-corrected chi connectivity index (χ2v) is 8.78. The molecule has 2 aliphatic heterocycles. The van der Waals surface area contributed by atoms with Gasteiger partial charge in [0.25, 0.3) is 0 Å². The van der Waals surface area contributed by atoms with E-state index in [0.717, 1.165) is 38.4 Å². The fourth-order valence-corrected chi connectivity index (χ4v) is 4.28. The molecule has 0 radical (unpaired) electrons. The quantitative estimate of drug-likeness (QED) is 0.713. The van der Waals surface area contributed by atoms with Gasteiger partial charge in [0.05, 0.1) is 0 Å². The number of aliphatic imine (C=N–C) groups is 1. The number of benzene rings is 1. The maximum atomic E-state index is 4.73. The highest BCUT2D eigenvalue weighted by Crippen LogP contribution is 2.51. The van der Waals surface area contributed by atoms with Gasteiger partial charge in [-0.15, -0.1) is 0 Å². The molecule has 1 aliphatic carbocycles. The van der Waals surface area contributed by atoms with Crippen molar-refractivity contribution in [3.8, 4) is 0 Å². The van der Waals surface area contributed by atoms with Crippen LogP contribution in [-0.4, -0.2) is 41.8 Å². The highest BCUT2D eigenvalue weighted by molar-refractivity contribution is 6.16. The molecular formula is C26H34N4. The topological polar surface area (TPSA) is 30.9 Å². The molecule has 0 atom stereocenters. The number of rotatable bonds is 6. The van der Waals surface area contributed by atoms with Crippen molar-refractivity contribution in [1.82, 2.24) is 15.1 Å². The van der Waals surface area contributed by atoms with Crippen molar-refractivity contribution in [3.63, 3.8) is 0 Å². The molecule has 0 unspecified atom stereocenters. The molecule has 30 heavy (non-hydrogen) atoms. The fourth-order valence-electron chi connectivity index (χ4n) is 4.28. The van der Waals surface area contributed by atoms with Gasteiger partial charge in [-0.1, -0.05) is 56.8 Å². The molecule has 2 heterocycles. The van der Waals surface area contributed by atoms with E-state index in [-0.39, 0.29) is 0 Å². The van der Waals surface area contributed by atoms with Gasteiger partial charge in [-0.25, -0.2) is 4.99 Å². The predicted octanol–water partition coefficient (Wildman–Crippen LogP) is 5.16. The number of hydrogen-bond donors (Lipinski definition) is 1. The van der Waals surface area contributed by atoms with Crippen LogP contribution in [0, 0.1) is 5.41 Å². The Labute approximate surface area is 181 Å². The molecule has 1 aromatic carbocycles. The Hall–Kier alpha value is -2.75. The molecule has 1 N–H and O–H groups in total. The van der Waals surface area contributed by atoms with Crippen LogP contribution in [0.2, 0.25) is 0 Å². The van der Waals surface area contributed by atoms with Gasteiger partial charge in [-0.2, -0.15) is 0 Å². The normalized spacial score (nSPS) is 22.1. The smallest absolute Gasteiger partial charge is 0.139 e. The van der Waals surface area contributed by atoms with Crippen LogP contribution < -0.4 is 5.32 Å². The van der Waals surface area contributed by atoms with Gasteiger partial charge in [0, 0.05) is 60.3 Å². The van der Waals surface area contributed by atoms with Gasteiger partial charge in [-0.05, 0) is 37.9 Å². The van der Waals surface area contributed by atoms with Crippen LogP contribution in [0.15, 0.2) is 77.3 Å². The Morgan fingerprint density at radius 3 is 2.43 bits per heavy atom. The summed E-state index contributed by atoms with van der Waals surface area (Å²) in [7, 11) is 0. The highest BCUT2D eigenvalue weighted by atomic mass is 15.3. The first-order chi connectivity index (χ1) is 14.5. The van der Waals surface area contributed by atoms with Crippen molar-refractivity contribution < 1.29 is 0 Å². The highest BCUT2D eigenvalue weighted by Gasteiger charge is 2.42. The van der Waals surface area contributed by atoms with Crippen LogP contribution in [0.5, 0.6) is 0 Å². The maximum absolute atomic E-state index is 4.73. The molecule has 1 saturated carbocycles. The van der Waals surface area contributed by atoms with E-state index < -0.39 is 0 Å². The average molecular weight is 403 g/mol. The van der Waals surface area contributed by atoms with E-state index in [4.69, 9.17) is 4.99 Å². The summed E-state index contributed by atoms with van der Waals surface area (Å²) in [5, 5.41) is 3.42. The zero-order valence-electron chi connectivity index (χ0n) is 18.6. The summed E-state index contributed by atoms with van der Waals surface area (Å²) in [6.45, 7) is 15.3. The Bertz CT molecular complexity index is 908. The summed E-state index contributed by atoms with van der Waals surface area (Å²) in [4.78, 5) is 9.74. The van der Waals surface area contributed by atoms with E-state index in [1.807, 2.05) is 12.4 Å². The Kier molecular flexibility index (Phi) is 5.85. The van der Waals surface area contributed by atoms with Gasteiger partial charge < -0.3 is 15.1 Å². The van der Waals surface area contributed by atoms with Crippen LogP contribution >= 0.6 is 0 Å². The van der Waals surface area contributed by atoms with E-state index in [0.29, 0.717) is 5.41 Å². The largest absolute Gasteiger partial charge is 0.371 e. The molecule has 4 nitrogen and oxygen atoms in total. The van der Waals surface area contributed by atoms with Gasteiger partial charge in [0.2, 0.25) is 0 Å². The van der Waals surface area contributed by atoms with Crippen LogP contribution in [0.3, 0.4) is 0 Å². The lowest BCUT2D eigenvalue weighted by Gasteiger charge is -2.40. The van der Waals surface area contributed by atoms with E-state index in [9.17, 15) is 0 Å². The number of nitrogens with zero attached hydrogens (tertiary/aromatic N) is 3. The molecule has 4 rings (SSSR count). The zero-order valence-corrected chi connectivity index (χ0v) is 18.6. The van der Waals surface area contributed by atoms with Crippen molar-refractivity contribution in [1.29, 1.82) is 0 Å². The second kappa shape index (κ2) is 8.55. The summed E-state index contributed by atoms with van der Waals surface area (Å²) < 4.78 is 0. The molecule has 1 aromatic rings. The molecular weight excluding hydrogens is 368 g/mol. The van der Waals surface area contributed by atoms with Crippen molar-refractivity contribution in [2.45, 2.75) is 40.0 Å². The molecule has 1 saturated heterocycles. The van der Waals surface area contributed by atoms with Crippen molar-refractivity contribution in [2.24, 2.45) is 10.4 Å². The van der Waals surface area contributed by atoms with Crippen LogP contribution in [0.1, 0.15) is 45.6 Å². The standard InChI is InChI=1S/C26H34N4/c1-5-6-14-27-25-24(23(19-28-25)22-10-8-7-9-11-22)20(2)29-15-17-30(18-16-29)21(3)26(4)12-13-26/h6-11,14,19H,3,5,12-13,15-18H2,1-2,4H3,(H,27,28)/b14-6+,24-20+. The third kappa shape index (κ3) is 4.09. The third-order valence-corrected chi connectivity index (χ3v) is 6.68. The minimum atomic E-state index is 0.361. The molecule has 0 bridgehead atoms. The molecule has 4 heteroatoms. The first kappa shape index (κ1) is 20.5. The lowest BCUT2D eigenvalue weighted by Crippen LogP contribution is -2.46. The number of nitrogens with one attached hydrogen (secondary N) is 1. The fraction of sp³-hybridized carbons (Fsp3) is 0.423. The number of allylic oxidation sites excluding steroid dienone is 3. The maximum Gasteiger partial charge on any atom is 0.139 e. The molecule has 2 fully saturated rings. The Morgan fingerprint density at radius 1 is 1.13 bits per heavy atom. The Morgan fingerprint density at radius 2 is 1.80 bits per heavy atom. The van der Waals surface area contributed by atoms with E-state index in [2.05, 4.69) is 78.9 Å².